The molecule has 7 nitrogen and oxygen atoms in total. The molecule has 0 saturated heterocycles. The topological polar surface area (TPSA) is 80.1 Å². The summed E-state index contributed by atoms with van der Waals surface area (Å²) in [4.78, 5) is 25.1. The maximum Gasteiger partial charge on any atom is 0.224 e. The van der Waals surface area contributed by atoms with Crippen molar-refractivity contribution >= 4 is 11.8 Å². The summed E-state index contributed by atoms with van der Waals surface area (Å²) in [6.45, 7) is 3.87. The molecule has 2 aromatic rings. The smallest absolute Gasteiger partial charge is 0.224 e. The van der Waals surface area contributed by atoms with Crippen molar-refractivity contribution in [1.29, 1.82) is 0 Å². The average molecular weight is 355 g/mol. The molecule has 138 valence electrons. The molecule has 1 aromatic carbocycles. The number of nitrogens with one attached hydrogen (secondary N) is 1. The number of fused-ring (bicyclic) bond motifs is 1. The Balaban J connectivity index is 1.55. The molecule has 7 heteroatoms. The second-order valence-electron chi connectivity index (χ2n) is 6.53. The maximum absolute atomic E-state index is 12.3. The lowest BCUT2D eigenvalue weighted by molar-refractivity contribution is -0.131. The molecule has 2 amide bonds. The Morgan fingerprint density at radius 3 is 2.65 bits per heavy atom. The van der Waals surface area contributed by atoms with Crippen LogP contribution in [0.4, 0.5) is 0 Å². The quantitative estimate of drug-likeness (QED) is 0.837. The molecule has 0 saturated carbocycles. The number of aromatic nitrogens is 3. The van der Waals surface area contributed by atoms with Gasteiger partial charge in [0.1, 0.15) is 11.6 Å². The standard InChI is InChI=1S/C19H25N5O2/c1-15(25)20-11-9-19(26)23-12-10-18-22-21-17(24(18)14-13-23)8-7-16-5-3-2-4-6-16/h2-6H,7-14H2,1H3,(H,20,25). The Kier molecular flexibility index (Phi) is 5.99. The first kappa shape index (κ1) is 18.1. The van der Waals surface area contributed by atoms with Gasteiger partial charge in [0.05, 0.1) is 0 Å². The second kappa shape index (κ2) is 8.60. The Hall–Kier alpha value is -2.70. The van der Waals surface area contributed by atoms with Crippen molar-refractivity contribution in [3.8, 4) is 0 Å². The highest BCUT2D eigenvalue weighted by molar-refractivity contribution is 5.78. The molecule has 1 aliphatic rings. The van der Waals surface area contributed by atoms with Crippen LogP contribution in [0.1, 0.15) is 30.6 Å². The third-order valence-electron chi connectivity index (χ3n) is 4.65. The van der Waals surface area contributed by atoms with Crippen LogP contribution in [-0.2, 0) is 35.4 Å². The zero-order valence-corrected chi connectivity index (χ0v) is 15.1. The van der Waals surface area contributed by atoms with Crippen LogP contribution in [0.5, 0.6) is 0 Å². The van der Waals surface area contributed by atoms with Crippen molar-refractivity contribution < 1.29 is 9.59 Å². The van der Waals surface area contributed by atoms with Gasteiger partial charge in [0.2, 0.25) is 11.8 Å². The van der Waals surface area contributed by atoms with Crippen molar-refractivity contribution in [1.82, 2.24) is 25.0 Å². The minimum atomic E-state index is -0.108. The molecule has 26 heavy (non-hydrogen) atoms. The lowest BCUT2D eigenvalue weighted by Gasteiger charge is -2.20. The number of rotatable bonds is 6. The number of benzene rings is 1. The normalized spacial score (nSPS) is 13.8. The van der Waals surface area contributed by atoms with E-state index in [1.165, 1.54) is 12.5 Å². The van der Waals surface area contributed by atoms with Crippen LogP contribution in [0, 0.1) is 0 Å². The van der Waals surface area contributed by atoms with Crippen molar-refractivity contribution in [2.24, 2.45) is 0 Å². The van der Waals surface area contributed by atoms with Crippen LogP contribution in [-0.4, -0.2) is 51.1 Å². The van der Waals surface area contributed by atoms with Crippen molar-refractivity contribution in [3.05, 3.63) is 47.5 Å². The van der Waals surface area contributed by atoms with Gasteiger partial charge in [-0.25, -0.2) is 0 Å². The number of carbonyl (C=O) groups is 2. The molecule has 0 atom stereocenters. The van der Waals surface area contributed by atoms with E-state index in [0.29, 0.717) is 32.5 Å². The first-order valence-corrected chi connectivity index (χ1v) is 9.10. The summed E-state index contributed by atoms with van der Waals surface area (Å²) in [7, 11) is 0. The van der Waals surface area contributed by atoms with E-state index in [1.807, 2.05) is 23.1 Å². The fraction of sp³-hybridized carbons (Fsp3) is 0.474. The molecule has 0 unspecified atom stereocenters. The third-order valence-corrected chi connectivity index (χ3v) is 4.65. The molecule has 3 rings (SSSR count). The Labute approximate surface area is 153 Å². The van der Waals surface area contributed by atoms with E-state index in [4.69, 9.17) is 0 Å². The first-order chi connectivity index (χ1) is 12.6. The van der Waals surface area contributed by atoms with Gasteiger partial charge in [-0.1, -0.05) is 30.3 Å². The van der Waals surface area contributed by atoms with Crippen LogP contribution in [0.3, 0.4) is 0 Å². The van der Waals surface area contributed by atoms with E-state index in [9.17, 15) is 9.59 Å². The summed E-state index contributed by atoms with van der Waals surface area (Å²) < 4.78 is 2.16. The molecule has 0 fully saturated rings. The van der Waals surface area contributed by atoms with Gasteiger partial charge in [0.25, 0.3) is 0 Å². The average Bonchev–Trinajstić information content (AvgIpc) is 2.89. The van der Waals surface area contributed by atoms with Crippen LogP contribution in [0.15, 0.2) is 30.3 Å². The van der Waals surface area contributed by atoms with Crippen LogP contribution in [0.25, 0.3) is 0 Å². The Morgan fingerprint density at radius 2 is 1.88 bits per heavy atom. The molecular formula is C19H25N5O2. The molecule has 1 aliphatic heterocycles. The van der Waals surface area contributed by atoms with Gasteiger partial charge in [-0.3, -0.25) is 9.59 Å². The molecule has 0 bridgehead atoms. The molecule has 1 N–H and O–H groups in total. The van der Waals surface area contributed by atoms with Gasteiger partial charge in [-0.05, 0) is 12.0 Å². The lowest BCUT2D eigenvalue weighted by Crippen LogP contribution is -2.36. The van der Waals surface area contributed by atoms with E-state index < -0.39 is 0 Å². The van der Waals surface area contributed by atoms with Crippen LogP contribution < -0.4 is 5.32 Å². The highest BCUT2D eigenvalue weighted by Gasteiger charge is 2.21. The number of hydrogen-bond donors (Lipinski definition) is 1. The van der Waals surface area contributed by atoms with Gasteiger partial charge in [-0.15, -0.1) is 10.2 Å². The van der Waals surface area contributed by atoms with Crippen molar-refractivity contribution in [3.63, 3.8) is 0 Å². The predicted molar refractivity (Wildman–Crippen MR) is 97.5 cm³/mol. The Bertz CT molecular complexity index is 757. The molecular weight excluding hydrogens is 330 g/mol. The lowest BCUT2D eigenvalue weighted by atomic mass is 10.1. The van der Waals surface area contributed by atoms with Gasteiger partial charge in [-0.2, -0.15) is 0 Å². The third kappa shape index (κ3) is 4.68. The monoisotopic (exact) mass is 355 g/mol. The largest absolute Gasteiger partial charge is 0.356 e. The highest BCUT2D eigenvalue weighted by Crippen LogP contribution is 2.12. The Morgan fingerprint density at radius 1 is 1.08 bits per heavy atom. The maximum atomic E-state index is 12.3. The van der Waals surface area contributed by atoms with E-state index >= 15 is 0 Å². The van der Waals surface area contributed by atoms with Crippen LogP contribution in [0.2, 0.25) is 0 Å². The summed E-state index contributed by atoms with van der Waals surface area (Å²) >= 11 is 0. The van der Waals surface area contributed by atoms with E-state index in [2.05, 4.69) is 32.2 Å². The predicted octanol–water partition coefficient (Wildman–Crippen LogP) is 0.974. The molecule has 1 aromatic heterocycles. The number of amides is 2. The molecule has 0 spiro atoms. The summed E-state index contributed by atoms with van der Waals surface area (Å²) in [5.41, 5.74) is 1.29. The second-order valence-corrected chi connectivity index (χ2v) is 6.53. The number of carbonyl (C=O) groups excluding carboxylic acids is 2. The SMILES string of the molecule is CC(=O)NCCC(=O)N1CCc2nnc(CCc3ccccc3)n2CC1. The summed E-state index contributed by atoms with van der Waals surface area (Å²) in [6.07, 6.45) is 2.82. The zero-order valence-electron chi connectivity index (χ0n) is 15.1. The fourth-order valence-electron chi connectivity index (χ4n) is 3.22. The summed E-state index contributed by atoms with van der Waals surface area (Å²) in [5.74, 6) is 1.90. The first-order valence-electron chi connectivity index (χ1n) is 9.10. The minimum absolute atomic E-state index is 0.0725. The summed E-state index contributed by atoms with van der Waals surface area (Å²) in [6, 6.07) is 10.3. The van der Waals surface area contributed by atoms with Crippen molar-refractivity contribution in [2.75, 3.05) is 19.6 Å². The molecule has 2 heterocycles. The van der Waals surface area contributed by atoms with Crippen LogP contribution >= 0.6 is 0 Å². The van der Waals surface area contributed by atoms with Crippen molar-refractivity contribution in [2.45, 2.75) is 39.2 Å². The number of nitrogens with zero attached hydrogens (tertiary/aromatic N) is 4. The van der Waals surface area contributed by atoms with E-state index in [-0.39, 0.29) is 11.8 Å². The summed E-state index contributed by atoms with van der Waals surface area (Å²) in [5, 5.41) is 11.4. The van der Waals surface area contributed by atoms with E-state index in [1.54, 1.807) is 0 Å². The van der Waals surface area contributed by atoms with Gasteiger partial charge >= 0.3 is 0 Å². The number of hydrogen-bond acceptors (Lipinski definition) is 4. The zero-order chi connectivity index (χ0) is 18.4. The molecule has 0 radical (unpaired) electrons. The van der Waals surface area contributed by atoms with E-state index in [0.717, 1.165) is 31.0 Å². The van der Waals surface area contributed by atoms with Gasteiger partial charge in [0, 0.05) is 52.4 Å². The number of aryl methyl sites for hydroxylation is 2. The molecule has 0 aliphatic carbocycles. The van der Waals surface area contributed by atoms with Gasteiger partial charge in [0.15, 0.2) is 0 Å². The minimum Gasteiger partial charge on any atom is -0.356 e. The highest BCUT2D eigenvalue weighted by atomic mass is 16.2. The van der Waals surface area contributed by atoms with Gasteiger partial charge < -0.3 is 14.8 Å². The fourth-order valence-corrected chi connectivity index (χ4v) is 3.22.